The molecule has 4 aliphatic rings. The fourth-order valence-corrected chi connectivity index (χ4v) is 8.59. The van der Waals surface area contributed by atoms with Crippen molar-refractivity contribution in [3.05, 3.63) is 146 Å². The fraction of sp³-hybridized carbons (Fsp3) is 0.339. The quantitative estimate of drug-likeness (QED) is 0.0405. The molecule has 0 N–H and O–H groups in total. The van der Waals surface area contributed by atoms with Gasteiger partial charge in [-0.1, -0.05) is 50.5 Å². The zero-order valence-electron chi connectivity index (χ0n) is 44.1. The summed E-state index contributed by atoms with van der Waals surface area (Å²) in [6.45, 7) is 11.3. The van der Waals surface area contributed by atoms with Crippen LogP contribution in [-0.4, -0.2) is 77.9 Å². The Morgan fingerprint density at radius 1 is 0.623 bits per heavy atom. The number of carbonyl (C=O) groups is 4. The molecule has 0 amide bonds. The van der Waals surface area contributed by atoms with Crippen LogP contribution in [0.2, 0.25) is 0 Å². The molecule has 4 aliphatic heterocycles. The SMILES string of the molecule is CCCCOc1ccc2c(c1)C(=O)C(C(=O)OC)C(c1ccc3c(c1)OCO3)O2.CCCCOc1ccc2c(c1)C(OC(C)C)=C(C(=O)OC)C(c1ccc3c(c1)OCO3)O2.COC(=O)c1coc2ccc(C)cc2c1=O. The molecule has 0 fully saturated rings. The van der Waals surface area contributed by atoms with Crippen molar-refractivity contribution in [2.24, 2.45) is 5.92 Å². The van der Waals surface area contributed by atoms with E-state index >= 15 is 0 Å². The molecule has 0 saturated carbocycles. The van der Waals surface area contributed by atoms with Crippen molar-refractivity contribution in [2.75, 3.05) is 48.1 Å². The number of esters is 3. The highest BCUT2D eigenvalue weighted by molar-refractivity contribution is 6.11. The molecule has 0 saturated heterocycles. The van der Waals surface area contributed by atoms with Crippen molar-refractivity contribution in [3.8, 4) is 46.0 Å². The van der Waals surface area contributed by atoms with Gasteiger partial charge in [-0.3, -0.25) is 14.4 Å². The minimum atomic E-state index is -1.13. The highest BCUT2D eigenvalue weighted by Crippen LogP contribution is 2.47. The molecule has 18 heteroatoms. The number of benzene rings is 5. The lowest BCUT2D eigenvalue weighted by atomic mass is 9.85. The van der Waals surface area contributed by atoms with Gasteiger partial charge in [-0.25, -0.2) is 9.59 Å². The minimum Gasteiger partial charge on any atom is -0.494 e. The maximum atomic E-state index is 13.2. The van der Waals surface area contributed by atoms with Gasteiger partial charge in [-0.2, -0.15) is 0 Å². The summed E-state index contributed by atoms with van der Waals surface area (Å²) < 4.78 is 71.5. The Bertz CT molecular complexity index is 3240. The van der Waals surface area contributed by atoms with Crippen LogP contribution in [-0.2, 0) is 28.5 Å². The summed E-state index contributed by atoms with van der Waals surface area (Å²) >= 11 is 0. The first-order valence-corrected chi connectivity index (χ1v) is 25.1. The summed E-state index contributed by atoms with van der Waals surface area (Å²) in [5, 5.41) is 0.392. The lowest BCUT2D eigenvalue weighted by molar-refractivity contribution is -0.147. The van der Waals surface area contributed by atoms with Crippen LogP contribution < -0.4 is 43.3 Å². The largest absolute Gasteiger partial charge is 0.494 e. The maximum absolute atomic E-state index is 13.2. The Hall–Kier alpha value is -8.67. The number of methoxy groups -OCH3 is 3. The van der Waals surface area contributed by atoms with Crippen LogP contribution in [0.1, 0.15) is 109 Å². The third-order valence-corrected chi connectivity index (χ3v) is 12.5. The van der Waals surface area contributed by atoms with Crippen molar-refractivity contribution in [3.63, 3.8) is 0 Å². The standard InChI is InChI=1S/C25H28O7.C22H22O7.C12H10O4/c1-5-6-11-28-17-8-10-19-18(13-17)24(31-15(2)3)22(25(26)27-4)23(32-19)16-7-9-20-21(12-16)30-14-29-20;1-3-4-9-26-14-6-8-16-15(11-14)20(23)19(22(24)25-2)21(29-16)13-5-7-17-18(10-13)28-12-27-17;1-7-3-4-10-8(5-7)11(13)9(6-16-10)12(14)15-2/h7-10,12-13,15,23H,5-6,11,14H2,1-4H3;5-8,10-11,19,21H,3-4,9,12H2,1-2H3;3-6H,1-2H3. The lowest BCUT2D eigenvalue weighted by Crippen LogP contribution is -2.37. The molecule has 5 heterocycles. The molecule has 0 spiro atoms. The van der Waals surface area contributed by atoms with E-state index < -0.39 is 36.0 Å². The van der Waals surface area contributed by atoms with Gasteiger partial charge in [0, 0.05) is 5.56 Å². The number of aryl methyl sites for hydroxylation is 1. The number of carbonyl (C=O) groups excluding carboxylic acids is 4. The van der Waals surface area contributed by atoms with Crippen LogP contribution in [0.5, 0.6) is 46.0 Å². The molecule has 5 aromatic carbocycles. The first-order valence-electron chi connectivity index (χ1n) is 25.1. The highest BCUT2D eigenvalue weighted by atomic mass is 16.7. The third-order valence-electron chi connectivity index (χ3n) is 12.5. The van der Waals surface area contributed by atoms with Crippen LogP contribution in [0.15, 0.2) is 112 Å². The number of fused-ring (bicyclic) bond motifs is 5. The topological polar surface area (TPSA) is 209 Å². The van der Waals surface area contributed by atoms with E-state index in [9.17, 15) is 24.0 Å². The molecule has 77 heavy (non-hydrogen) atoms. The fourth-order valence-electron chi connectivity index (χ4n) is 8.59. The van der Waals surface area contributed by atoms with Gasteiger partial charge < -0.3 is 61.3 Å². The van der Waals surface area contributed by atoms with Crippen molar-refractivity contribution in [1.29, 1.82) is 0 Å². The number of rotatable bonds is 15. The average molecular weight is 1060 g/mol. The number of Topliss-reactive ketones (excluding diaryl/α,β-unsaturated/α-hetero) is 1. The zero-order chi connectivity index (χ0) is 54.8. The van der Waals surface area contributed by atoms with E-state index in [-0.39, 0.29) is 36.5 Å². The smallest absolute Gasteiger partial charge is 0.345 e. The molecule has 18 nitrogen and oxygen atoms in total. The number of unbranched alkanes of at least 4 members (excludes halogenated alkanes) is 2. The Balaban J connectivity index is 0.000000161. The van der Waals surface area contributed by atoms with Gasteiger partial charge in [0.1, 0.15) is 57.8 Å². The van der Waals surface area contributed by atoms with Gasteiger partial charge >= 0.3 is 17.9 Å². The summed E-state index contributed by atoms with van der Waals surface area (Å²) in [5.41, 5.74) is 3.57. The zero-order valence-corrected chi connectivity index (χ0v) is 44.1. The summed E-state index contributed by atoms with van der Waals surface area (Å²) in [7, 11) is 3.83. The molecular formula is C59H60O18. The first-order chi connectivity index (χ1) is 37.3. The van der Waals surface area contributed by atoms with E-state index in [1.807, 2.05) is 57.2 Å². The van der Waals surface area contributed by atoms with Crippen molar-refractivity contribution in [2.45, 2.75) is 78.6 Å². The van der Waals surface area contributed by atoms with Gasteiger partial charge in [-0.15, -0.1) is 0 Å². The van der Waals surface area contributed by atoms with Crippen LogP contribution in [0.3, 0.4) is 0 Å². The molecule has 0 radical (unpaired) electrons. The highest BCUT2D eigenvalue weighted by Gasteiger charge is 2.45. The Labute approximate surface area is 444 Å². The molecule has 10 rings (SSSR count). The van der Waals surface area contributed by atoms with Gasteiger partial charge in [0.05, 0.1) is 57.2 Å². The van der Waals surface area contributed by atoms with Crippen molar-refractivity contribution >= 4 is 40.4 Å². The van der Waals surface area contributed by atoms with E-state index in [1.165, 1.54) is 21.3 Å². The predicted octanol–water partition coefficient (Wildman–Crippen LogP) is 10.6. The predicted molar refractivity (Wildman–Crippen MR) is 279 cm³/mol. The lowest BCUT2D eigenvalue weighted by Gasteiger charge is -2.31. The molecule has 0 bridgehead atoms. The number of ether oxygens (including phenoxy) is 12. The minimum absolute atomic E-state index is 0.0828. The van der Waals surface area contributed by atoms with Gasteiger partial charge in [0.25, 0.3) is 0 Å². The number of hydrogen-bond acceptors (Lipinski definition) is 18. The maximum Gasteiger partial charge on any atom is 0.345 e. The summed E-state index contributed by atoms with van der Waals surface area (Å²) in [4.78, 5) is 61.9. The molecule has 6 aromatic rings. The second-order valence-electron chi connectivity index (χ2n) is 18.2. The Morgan fingerprint density at radius 3 is 1.79 bits per heavy atom. The monoisotopic (exact) mass is 1060 g/mol. The Morgan fingerprint density at radius 2 is 1.19 bits per heavy atom. The molecule has 404 valence electrons. The summed E-state index contributed by atoms with van der Waals surface area (Å²) in [6, 6.07) is 26.5. The second-order valence-corrected chi connectivity index (χ2v) is 18.2. The van der Waals surface area contributed by atoms with Crippen LogP contribution in [0, 0.1) is 12.8 Å². The molecule has 1 aromatic heterocycles. The van der Waals surface area contributed by atoms with Crippen molar-refractivity contribution < 1.29 is 80.4 Å². The molecule has 3 atom stereocenters. The second kappa shape index (κ2) is 24.8. The van der Waals surface area contributed by atoms with E-state index in [0.29, 0.717) is 98.2 Å². The van der Waals surface area contributed by atoms with Crippen molar-refractivity contribution in [1.82, 2.24) is 0 Å². The van der Waals surface area contributed by atoms with E-state index in [4.69, 9.17) is 56.5 Å². The number of ketones is 1. The Kier molecular flexibility index (Phi) is 17.6. The molecule has 0 aliphatic carbocycles. The molecule has 3 unspecified atom stereocenters. The normalized spacial score (nSPS) is 16.3. The third kappa shape index (κ3) is 12.2. The molecular weight excluding hydrogens is 997 g/mol. The van der Waals surface area contributed by atoms with Gasteiger partial charge in [0.15, 0.2) is 40.8 Å². The number of hydrogen-bond donors (Lipinski definition) is 0. The average Bonchev–Trinajstić information content (AvgIpc) is 4.16. The van der Waals surface area contributed by atoms with E-state index in [1.54, 1.807) is 54.6 Å². The first kappa shape index (κ1) is 54.6. The summed E-state index contributed by atoms with van der Waals surface area (Å²) in [6.07, 6.45) is 3.32. The summed E-state index contributed by atoms with van der Waals surface area (Å²) in [5.74, 6) is 1.76. The van der Waals surface area contributed by atoms with Gasteiger partial charge in [-0.05, 0) is 112 Å². The van der Waals surface area contributed by atoms with Gasteiger partial charge in [0.2, 0.25) is 19.0 Å². The van der Waals surface area contributed by atoms with Crippen LogP contribution >= 0.6 is 0 Å². The van der Waals surface area contributed by atoms with Crippen LogP contribution in [0.4, 0.5) is 0 Å². The van der Waals surface area contributed by atoms with E-state index in [0.717, 1.165) is 43.1 Å². The van der Waals surface area contributed by atoms with E-state index in [2.05, 4.69) is 18.6 Å². The van der Waals surface area contributed by atoms with Crippen LogP contribution in [0.25, 0.3) is 16.7 Å².